The Bertz CT molecular complexity index is 1230. The highest BCUT2D eigenvalue weighted by Crippen LogP contribution is 2.30. The van der Waals surface area contributed by atoms with E-state index in [0.717, 1.165) is 11.3 Å². The van der Waals surface area contributed by atoms with Crippen LogP contribution in [0, 0.1) is 12.7 Å². The van der Waals surface area contributed by atoms with E-state index >= 15 is 0 Å². The highest BCUT2D eigenvalue weighted by atomic mass is 32.1. The zero-order valence-corrected chi connectivity index (χ0v) is 18.8. The molecule has 2 aromatic heterocycles. The van der Waals surface area contributed by atoms with Crippen molar-refractivity contribution in [2.45, 2.75) is 26.8 Å². The van der Waals surface area contributed by atoms with Crippen molar-refractivity contribution >= 4 is 28.7 Å². The Hall–Kier alpha value is -3.31. The molecule has 0 aliphatic rings. The monoisotopic (exact) mass is 461 g/mol. The highest BCUT2D eigenvalue weighted by Gasteiger charge is 2.28. The van der Waals surface area contributed by atoms with Crippen LogP contribution in [0.5, 0.6) is 0 Å². The molecule has 3 aromatic rings. The Labute approximate surface area is 187 Å². The molecule has 0 saturated heterocycles. The normalized spacial score (nSPS) is 11.0. The van der Waals surface area contributed by atoms with Crippen molar-refractivity contribution < 1.29 is 13.9 Å². The van der Waals surface area contributed by atoms with Gasteiger partial charge in [-0.15, -0.1) is 11.3 Å². The third kappa shape index (κ3) is 4.63. The fraction of sp³-hybridized carbons (Fsp3) is 0.333. The molecule has 9 nitrogen and oxygen atoms in total. The predicted octanol–water partition coefficient (Wildman–Crippen LogP) is 2.39. The van der Waals surface area contributed by atoms with Crippen molar-refractivity contribution in [3.63, 3.8) is 0 Å². The lowest BCUT2D eigenvalue weighted by molar-refractivity contribution is 0.0978. The molecule has 0 saturated carbocycles. The number of carbonyl (C=O) groups excluding carboxylic acids is 1. The highest BCUT2D eigenvalue weighted by molar-refractivity contribution is 7.17. The van der Waals surface area contributed by atoms with E-state index in [-0.39, 0.29) is 37.0 Å². The zero-order valence-electron chi connectivity index (χ0n) is 18.0. The second-order valence-electron chi connectivity index (χ2n) is 7.03. The number of aromatic amines is 1. The van der Waals surface area contributed by atoms with Gasteiger partial charge in [-0.2, -0.15) is 0 Å². The van der Waals surface area contributed by atoms with Gasteiger partial charge in [0.25, 0.3) is 11.5 Å². The Balaban J connectivity index is 2.09. The van der Waals surface area contributed by atoms with Crippen molar-refractivity contribution in [3.05, 3.63) is 61.5 Å². The largest absolute Gasteiger partial charge is 0.383 e. The molecule has 1 amide bonds. The molecule has 11 heteroatoms. The van der Waals surface area contributed by atoms with E-state index in [2.05, 4.69) is 9.97 Å². The summed E-state index contributed by atoms with van der Waals surface area (Å²) >= 11 is 1.13. The van der Waals surface area contributed by atoms with Crippen molar-refractivity contribution in [2.75, 3.05) is 30.9 Å². The number of anilines is 2. The van der Waals surface area contributed by atoms with Crippen molar-refractivity contribution in [3.8, 4) is 10.6 Å². The first-order valence-corrected chi connectivity index (χ1v) is 10.8. The molecule has 0 bridgehead atoms. The van der Waals surface area contributed by atoms with Gasteiger partial charge in [0.05, 0.1) is 12.3 Å². The number of H-pyrrole nitrogens is 1. The van der Waals surface area contributed by atoms with Gasteiger partial charge in [0.2, 0.25) is 0 Å². The molecule has 0 aliphatic heterocycles. The standard InChI is InChI=1S/C21H24FN5O4S/c1-4-9-27-17(23)15(18(28)25-21(27)30)26(10-11-31-3)20(29)16-12(2)24-19(32-16)13-5-7-14(22)8-6-13/h5-8H,4,9-11,23H2,1-3H3,(H,25,28,30). The van der Waals surface area contributed by atoms with Crippen LogP contribution in [0.15, 0.2) is 33.9 Å². The first kappa shape index (κ1) is 23.4. The van der Waals surface area contributed by atoms with Crippen LogP contribution in [-0.2, 0) is 11.3 Å². The molecular weight excluding hydrogens is 437 g/mol. The summed E-state index contributed by atoms with van der Waals surface area (Å²) < 4.78 is 19.6. The number of aryl methyl sites for hydroxylation is 1. The number of aromatic nitrogens is 3. The maximum absolute atomic E-state index is 13.5. The molecule has 3 N–H and O–H groups in total. The third-order valence-electron chi connectivity index (χ3n) is 4.78. The first-order valence-electron chi connectivity index (χ1n) is 9.95. The summed E-state index contributed by atoms with van der Waals surface area (Å²) in [5, 5.41) is 0.537. The Kier molecular flexibility index (Phi) is 7.21. The molecule has 2 heterocycles. The maximum atomic E-state index is 13.5. The lowest BCUT2D eigenvalue weighted by Gasteiger charge is -2.24. The molecule has 0 radical (unpaired) electrons. The molecular formula is C21H24FN5O4S. The van der Waals surface area contributed by atoms with Gasteiger partial charge < -0.3 is 10.5 Å². The molecule has 32 heavy (non-hydrogen) atoms. The quantitative estimate of drug-likeness (QED) is 0.531. The molecule has 3 rings (SSSR count). The summed E-state index contributed by atoms with van der Waals surface area (Å²) in [5.74, 6) is -0.962. The number of nitrogens with two attached hydrogens (primary N) is 1. The second kappa shape index (κ2) is 9.88. The van der Waals surface area contributed by atoms with E-state index in [0.29, 0.717) is 27.6 Å². The van der Waals surface area contributed by atoms with Crippen LogP contribution in [0.2, 0.25) is 0 Å². The van der Waals surface area contributed by atoms with Crippen LogP contribution in [0.1, 0.15) is 28.7 Å². The summed E-state index contributed by atoms with van der Waals surface area (Å²) in [6.07, 6.45) is 0.608. The van der Waals surface area contributed by atoms with Crippen LogP contribution in [-0.4, -0.2) is 40.7 Å². The van der Waals surface area contributed by atoms with E-state index in [1.807, 2.05) is 6.92 Å². The van der Waals surface area contributed by atoms with Crippen LogP contribution in [0.3, 0.4) is 0 Å². The number of halogens is 1. The number of rotatable bonds is 8. The van der Waals surface area contributed by atoms with Gasteiger partial charge in [0.1, 0.15) is 21.5 Å². The second-order valence-corrected chi connectivity index (χ2v) is 8.03. The lowest BCUT2D eigenvalue weighted by Crippen LogP contribution is -2.42. The maximum Gasteiger partial charge on any atom is 0.330 e. The zero-order chi connectivity index (χ0) is 23.4. The number of nitrogen functional groups attached to an aromatic ring is 1. The molecule has 0 fully saturated rings. The number of hydrogen-bond acceptors (Lipinski definition) is 7. The third-order valence-corrected chi connectivity index (χ3v) is 5.97. The number of methoxy groups -OCH3 is 1. The van der Waals surface area contributed by atoms with Crippen molar-refractivity contribution in [2.24, 2.45) is 0 Å². The number of thiazole rings is 1. The molecule has 1 aromatic carbocycles. The van der Waals surface area contributed by atoms with Crippen LogP contribution in [0.4, 0.5) is 15.9 Å². The summed E-state index contributed by atoms with van der Waals surface area (Å²) in [5.41, 5.74) is 5.78. The van der Waals surface area contributed by atoms with Gasteiger partial charge >= 0.3 is 5.69 Å². The minimum atomic E-state index is -0.759. The summed E-state index contributed by atoms with van der Waals surface area (Å²) in [6.45, 7) is 4.00. The summed E-state index contributed by atoms with van der Waals surface area (Å²) in [4.78, 5) is 46.5. The minimum Gasteiger partial charge on any atom is -0.383 e. The molecule has 0 spiro atoms. The average Bonchev–Trinajstić information content (AvgIpc) is 3.15. The summed E-state index contributed by atoms with van der Waals surface area (Å²) in [6, 6.07) is 5.78. The SMILES string of the molecule is CCCn1c(N)c(N(CCOC)C(=O)c2sc(-c3ccc(F)cc3)nc2C)c(=O)[nH]c1=O. The van der Waals surface area contributed by atoms with Gasteiger partial charge in [0, 0.05) is 25.8 Å². The number of hydrogen-bond donors (Lipinski definition) is 2. The number of nitrogens with one attached hydrogen (secondary N) is 1. The molecule has 0 atom stereocenters. The summed E-state index contributed by atoms with van der Waals surface area (Å²) in [7, 11) is 1.47. The Morgan fingerprint density at radius 2 is 2.00 bits per heavy atom. The van der Waals surface area contributed by atoms with Crippen molar-refractivity contribution in [1.29, 1.82) is 0 Å². The van der Waals surface area contributed by atoms with E-state index < -0.39 is 17.2 Å². The van der Waals surface area contributed by atoms with Gasteiger partial charge in [-0.25, -0.2) is 14.2 Å². The van der Waals surface area contributed by atoms with Crippen molar-refractivity contribution in [1.82, 2.24) is 14.5 Å². The van der Waals surface area contributed by atoms with Crippen LogP contribution < -0.4 is 21.9 Å². The van der Waals surface area contributed by atoms with E-state index in [9.17, 15) is 18.8 Å². The van der Waals surface area contributed by atoms with E-state index in [1.54, 1.807) is 19.1 Å². The van der Waals surface area contributed by atoms with Gasteiger partial charge in [-0.3, -0.25) is 24.0 Å². The number of carbonyl (C=O) groups is 1. The average molecular weight is 462 g/mol. The lowest BCUT2D eigenvalue weighted by atomic mass is 10.2. The molecule has 0 aliphatic carbocycles. The van der Waals surface area contributed by atoms with Gasteiger partial charge in [-0.05, 0) is 37.6 Å². The topological polar surface area (TPSA) is 123 Å². The van der Waals surface area contributed by atoms with Gasteiger partial charge in [0.15, 0.2) is 5.69 Å². The van der Waals surface area contributed by atoms with E-state index in [4.69, 9.17) is 10.5 Å². The first-order chi connectivity index (χ1) is 15.3. The minimum absolute atomic E-state index is 0.0379. The fourth-order valence-electron chi connectivity index (χ4n) is 3.21. The van der Waals surface area contributed by atoms with Gasteiger partial charge in [-0.1, -0.05) is 6.92 Å². The number of benzene rings is 1. The Morgan fingerprint density at radius 3 is 2.62 bits per heavy atom. The fourth-order valence-corrected chi connectivity index (χ4v) is 4.24. The van der Waals surface area contributed by atoms with E-state index in [1.165, 1.54) is 28.7 Å². The molecule has 0 unspecified atom stereocenters. The molecule has 170 valence electrons. The number of amides is 1. The van der Waals surface area contributed by atoms with Crippen LogP contribution in [0.25, 0.3) is 10.6 Å². The number of ether oxygens (including phenoxy) is 1. The van der Waals surface area contributed by atoms with Crippen LogP contribution >= 0.6 is 11.3 Å². The number of nitrogens with zero attached hydrogens (tertiary/aromatic N) is 3. The smallest absolute Gasteiger partial charge is 0.330 e. The Morgan fingerprint density at radius 1 is 1.31 bits per heavy atom. The predicted molar refractivity (Wildman–Crippen MR) is 122 cm³/mol.